The number of hydrogen-bond acceptors (Lipinski definition) is 4. The predicted octanol–water partition coefficient (Wildman–Crippen LogP) is 5.97. The smallest absolute Gasteiger partial charge is 0.264 e. The Bertz CT molecular complexity index is 1430. The Morgan fingerprint density at radius 1 is 0.975 bits per heavy atom. The maximum Gasteiger partial charge on any atom is 0.264 e. The molecule has 11 heteroatoms. The fourth-order valence-corrected chi connectivity index (χ4v) is 5.61. The lowest BCUT2D eigenvalue weighted by Gasteiger charge is -2.32. The van der Waals surface area contributed by atoms with Crippen LogP contribution in [0.3, 0.4) is 0 Å². The predicted molar refractivity (Wildman–Crippen MR) is 157 cm³/mol. The molecule has 0 aliphatic rings. The molecule has 0 bridgehead atoms. The molecule has 0 saturated carbocycles. The maximum atomic E-state index is 13.9. The molecule has 1 unspecified atom stereocenters. The summed E-state index contributed by atoms with van der Waals surface area (Å²) in [5.41, 5.74) is 1.57. The van der Waals surface area contributed by atoms with E-state index in [1.165, 1.54) is 59.5 Å². The van der Waals surface area contributed by atoms with Gasteiger partial charge in [0.2, 0.25) is 11.8 Å². The van der Waals surface area contributed by atoms with Crippen molar-refractivity contribution in [1.82, 2.24) is 10.2 Å². The molecular weight excluding hydrogens is 576 g/mol. The minimum atomic E-state index is -4.24. The molecule has 3 rings (SSSR count). The Balaban J connectivity index is 2.02. The SMILES string of the molecule is CCCCNC(=O)C(C)N(Cc1ccc(F)cc1)C(=O)CN(c1ccc(Cl)c(Cl)c1)S(=O)(=O)c1ccc(C)cc1. The highest BCUT2D eigenvalue weighted by molar-refractivity contribution is 7.92. The number of halogens is 3. The maximum absolute atomic E-state index is 13.9. The fourth-order valence-electron chi connectivity index (χ4n) is 3.91. The van der Waals surface area contributed by atoms with Gasteiger partial charge in [0.25, 0.3) is 10.0 Å². The molecule has 0 aliphatic heterocycles. The van der Waals surface area contributed by atoms with Crippen LogP contribution in [-0.4, -0.2) is 44.3 Å². The van der Waals surface area contributed by atoms with Crippen molar-refractivity contribution in [2.75, 3.05) is 17.4 Å². The topological polar surface area (TPSA) is 86.8 Å². The highest BCUT2D eigenvalue weighted by Crippen LogP contribution is 2.31. The number of anilines is 1. The molecule has 0 heterocycles. The van der Waals surface area contributed by atoms with Crippen molar-refractivity contribution in [3.63, 3.8) is 0 Å². The summed E-state index contributed by atoms with van der Waals surface area (Å²) in [6.45, 7) is 5.17. The number of unbranched alkanes of at least 4 members (excludes halogenated alkanes) is 1. The van der Waals surface area contributed by atoms with Gasteiger partial charge in [0.05, 0.1) is 20.6 Å². The Morgan fingerprint density at radius 3 is 2.23 bits per heavy atom. The second-order valence-electron chi connectivity index (χ2n) is 9.39. The molecule has 7 nitrogen and oxygen atoms in total. The van der Waals surface area contributed by atoms with E-state index >= 15 is 0 Å². The Morgan fingerprint density at radius 2 is 1.62 bits per heavy atom. The Kier molecular flexibility index (Phi) is 11.0. The van der Waals surface area contributed by atoms with Gasteiger partial charge in [-0.1, -0.05) is 66.4 Å². The number of hydrogen-bond donors (Lipinski definition) is 1. The highest BCUT2D eigenvalue weighted by Gasteiger charge is 2.32. The van der Waals surface area contributed by atoms with Gasteiger partial charge in [-0.3, -0.25) is 13.9 Å². The second-order valence-corrected chi connectivity index (χ2v) is 12.1. The van der Waals surface area contributed by atoms with Gasteiger partial charge in [0.15, 0.2) is 0 Å². The van der Waals surface area contributed by atoms with Gasteiger partial charge >= 0.3 is 0 Å². The minimum absolute atomic E-state index is 0.0209. The molecule has 214 valence electrons. The number of nitrogens with one attached hydrogen (secondary N) is 1. The quantitative estimate of drug-likeness (QED) is 0.257. The number of carbonyl (C=O) groups is 2. The van der Waals surface area contributed by atoms with Crippen molar-refractivity contribution >= 4 is 50.7 Å². The summed E-state index contributed by atoms with van der Waals surface area (Å²) in [5, 5.41) is 3.15. The van der Waals surface area contributed by atoms with Crippen LogP contribution in [-0.2, 0) is 26.2 Å². The summed E-state index contributed by atoms with van der Waals surface area (Å²) in [7, 11) is -4.24. The van der Waals surface area contributed by atoms with Crippen LogP contribution in [0.2, 0.25) is 10.0 Å². The standard InChI is InChI=1S/C29H32Cl2FN3O4S/c1-4-5-16-33-29(37)21(3)34(18-22-8-10-23(32)11-9-22)28(36)19-35(24-12-15-26(30)27(31)17-24)40(38,39)25-13-6-20(2)7-14-25/h6-15,17,21H,4-5,16,18-19H2,1-3H3,(H,33,37). The van der Waals surface area contributed by atoms with Gasteiger partial charge in [0.1, 0.15) is 18.4 Å². The summed E-state index contributed by atoms with van der Waals surface area (Å²) in [6, 6.07) is 15.1. The van der Waals surface area contributed by atoms with Crippen LogP contribution in [0, 0.1) is 12.7 Å². The van der Waals surface area contributed by atoms with Gasteiger partial charge in [-0.05, 0) is 68.3 Å². The zero-order chi connectivity index (χ0) is 29.4. The summed E-state index contributed by atoms with van der Waals surface area (Å²) >= 11 is 12.3. The molecule has 0 aliphatic carbocycles. The van der Waals surface area contributed by atoms with Crippen LogP contribution in [0.15, 0.2) is 71.6 Å². The molecule has 0 aromatic heterocycles. The molecule has 1 N–H and O–H groups in total. The summed E-state index contributed by atoms with van der Waals surface area (Å²) < 4.78 is 42.1. The van der Waals surface area contributed by atoms with Gasteiger partial charge in [-0.2, -0.15) is 0 Å². The van der Waals surface area contributed by atoms with Crippen LogP contribution in [0.25, 0.3) is 0 Å². The molecule has 1 atom stereocenters. The summed E-state index contributed by atoms with van der Waals surface area (Å²) in [6.07, 6.45) is 1.65. The van der Waals surface area contributed by atoms with E-state index < -0.39 is 34.3 Å². The number of rotatable bonds is 12. The largest absolute Gasteiger partial charge is 0.354 e. The second kappa shape index (κ2) is 14.0. The van der Waals surface area contributed by atoms with E-state index in [0.29, 0.717) is 12.1 Å². The number of aryl methyl sites for hydroxylation is 1. The van der Waals surface area contributed by atoms with Gasteiger partial charge in [-0.25, -0.2) is 12.8 Å². The third-order valence-electron chi connectivity index (χ3n) is 6.34. The molecule has 0 saturated heterocycles. The number of benzene rings is 3. The van der Waals surface area contributed by atoms with Crippen molar-refractivity contribution in [1.29, 1.82) is 0 Å². The van der Waals surface area contributed by atoms with Crippen molar-refractivity contribution in [3.8, 4) is 0 Å². The van der Waals surface area contributed by atoms with E-state index in [1.807, 2.05) is 13.8 Å². The number of amides is 2. The van der Waals surface area contributed by atoms with E-state index in [9.17, 15) is 22.4 Å². The fraction of sp³-hybridized carbons (Fsp3) is 0.310. The lowest BCUT2D eigenvalue weighted by atomic mass is 10.1. The highest BCUT2D eigenvalue weighted by atomic mass is 35.5. The van der Waals surface area contributed by atoms with E-state index in [2.05, 4.69) is 5.32 Å². The average Bonchev–Trinajstić information content (AvgIpc) is 2.92. The van der Waals surface area contributed by atoms with Crippen LogP contribution in [0.1, 0.15) is 37.8 Å². The zero-order valence-electron chi connectivity index (χ0n) is 22.5. The lowest BCUT2D eigenvalue weighted by Crippen LogP contribution is -2.51. The van der Waals surface area contributed by atoms with E-state index in [1.54, 1.807) is 19.1 Å². The number of sulfonamides is 1. The van der Waals surface area contributed by atoms with E-state index in [0.717, 1.165) is 22.7 Å². The normalized spacial score (nSPS) is 12.1. The third kappa shape index (κ3) is 7.96. The van der Waals surface area contributed by atoms with Crippen molar-refractivity contribution in [3.05, 3.63) is 93.7 Å². The Hall–Kier alpha value is -3.14. The molecule has 3 aromatic rings. The monoisotopic (exact) mass is 607 g/mol. The summed E-state index contributed by atoms with van der Waals surface area (Å²) in [4.78, 5) is 28.1. The zero-order valence-corrected chi connectivity index (χ0v) is 24.9. The third-order valence-corrected chi connectivity index (χ3v) is 8.87. The number of carbonyl (C=O) groups excluding carboxylic acids is 2. The van der Waals surface area contributed by atoms with Crippen LogP contribution in [0.5, 0.6) is 0 Å². The van der Waals surface area contributed by atoms with Gasteiger partial charge < -0.3 is 10.2 Å². The van der Waals surface area contributed by atoms with Crippen molar-refractivity contribution < 1.29 is 22.4 Å². The Labute approximate surface area is 244 Å². The van der Waals surface area contributed by atoms with Crippen LogP contribution < -0.4 is 9.62 Å². The van der Waals surface area contributed by atoms with Crippen molar-refractivity contribution in [2.24, 2.45) is 0 Å². The first-order chi connectivity index (χ1) is 18.9. The molecule has 2 amide bonds. The minimum Gasteiger partial charge on any atom is -0.354 e. The number of nitrogens with zero attached hydrogens (tertiary/aromatic N) is 2. The first-order valence-electron chi connectivity index (χ1n) is 12.8. The van der Waals surface area contributed by atoms with Crippen LogP contribution >= 0.6 is 23.2 Å². The van der Waals surface area contributed by atoms with Crippen LogP contribution in [0.4, 0.5) is 10.1 Å². The molecular formula is C29H32Cl2FN3O4S. The van der Waals surface area contributed by atoms with Gasteiger partial charge in [0, 0.05) is 13.1 Å². The molecule has 0 radical (unpaired) electrons. The first-order valence-corrected chi connectivity index (χ1v) is 15.0. The molecule has 0 spiro atoms. The first kappa shape index (κ1) is 31.4. The molecule has 3 aromatic carbocycles. The molecule has 40 heavy (non-hydrogen) atoms. The molecule has 0 fully saturated rings. The van der Waals surface area contributed by atoms with E-state index in [-0.39, 0.29) is 33.1 Å². The van der Waals surface area contributed by atoms with Gasteiger partial charge in [-0.15, -0.1) is 0 Å². The van der Waals surface area contributed by atoms with E-state index in [4.69, 9.17) is 23.2 Å². The van der Waals surface area contributed by atoms with Crippen molar-refractivity contribution in [2.45, 2.75) is 51.1 Å². The lowest BCUT2D eigenvalue weighted by molar-refractivity contribution is -0.139. The summed E-state index contributed by atoms with van der Waals surface area (Å²) in [5.74, 6) is -1.46. The average molecular weight is 609 g/mol.